The highest BCUT2D eigenvalue weighted by molar-refractivity contribution is 7.11. The van der Waals surface area contributed by atoms with Crippen molar-refractivity contribution in [3.63, 3.8) is 0 Å². The number of carbonyl (C=O) groups excluding carboxylic acids is 1. The van der Waals surface area contributed by atoms with Gasteiger partial charge in [-0.2, -0.15) is 0 Å². The number of thiazole rings is 1. The first-order chi connectivity index (χ1) is 10.5. The van der Waals surface area contributed by atoms with Crippen molar-refractivity contribution in [1.82, 2.24) is 15.0 Å². The van der Waals surface area contributed by atoms with Crippen LogP contribution >= 0.6 is 11.3 Å². The number of hydrogen-bond acceptors (Lipinski definition) is 5. The fourth-order valence-electron chi connectivity index (χ4n) is 2.79. The van der Waals surface area contributed by atoms with Gasteiger partial charge in [0.15, 0.2) is 5.69 Å². The molecule has 1 fully saturated rings. The van der Waals surface area contributed by atoms with E-state index < -0.39 is 0 Å². The van der Waals surface area contributed by atoms with Crippen LogP contribution in [0.2, 0.25) is 0 Å². The molecule has 5 nitrogen and oxygen atoms in total. The standard InChI is InChI=1S/C16H21N3O2S/c1-4-12-9-13(18-21-12)14(20)19-7-5-16(3,6-8-19)15-17-10-11(2)22-15/h9-10H,4-8H2,1-3H3. The van der Waals surface area contributed by atoms with Crippen molar-refractivity contribution in [3.8, 4) is 0 Å². The van der Waals surface area contributed by atoms with Crippen LogP contribution in [0.1, 0.15) is 52.8 Å². The van der Waals surface area contributed by atoms with E-state index in [0.29, 0.717) is 5.69 Å². The van der Waals surface area contributed by atoms with Gasteiger partial charge in [0.25, 0.3) is 5.91 Å². The molecule has 2 aromatic heterocycles. The second-order valence-corrected chi connectivity index (χ2v) is 7.40. The number of piperidine rings is 1. The molecule has 0 radical (unpaired) electrons. The van der Waals surface area contributed by atoms with Gasteiger partial charge in [0, 0.05) is 42.1 Å². The van der Waals surface area contributed by atoms with Gasteiger partial charge in [-0.1, -0.05) is 19.0 Å². The molecule has 3 rings (SSSR count). The van der Waals surface area contributed by atoms with Gasteiger partial charge in [-0.05, 0) is 19.8 Å². The summed E-state index contributed by atoms with van der Waals surface area (Å²) >= 11 is 1.76. The lowest BCUT2D eigenvalue weighted by atomic mass is 9.81. The summed E-state index contributed by atoms with van der Waals surface area (Å²) in [6.07, 6.45) is 4.56. The van der Waals surface area contributed by atoms with Crippen LogP contribution in [-0.2, 0) is 11.8 Å². The number of nitrogens with zero attached hydrogens (tertiary/aromatic N) is 3. The molecule has 22 heavy (non-hydrogen) atoms. The van der Waals surface area contributed by atoms with Gasteiger partial charge in [-0.3, -0.25) is 4.79 Å². The highest BCUT2D eigenvalue weighted by Gasteiger charge is 2.36. The molecule has 0 saturated carbocycles. The number of carbonyl (C=O) groups is 1. The van der Waals surface area contributed by atoms with Gasteiger partial charge in [0.2, 0.25) is 0 Å². The van der Waals surface area contributed by atoms with Crippen molar-refractivity contribution in [2.24, 2.45) is 0 Å². The normalized spacial score (nSPS) is 17.7. The lowest BCUT2D eigenvalue weighted by molar-refractivity contribution is 0.0665. The number of aromatic nitrogens is 2. The van der Waals surface area contributed by atoms with E-state index in [1.54, 1.807) is 17.4 Å². The predicted molar refractivity (Wildman–Crippen MR) is 85.2 cm³/mol. The molecule has 1 aliphatic heterocycles. The van der Waals surface area contributed by atoms with E-state index >= 15 is 0 Å². The Morgan fingerprint density at radius 3 is 2.73 bits per heavy atom. The first-order valence-corrected chi connectivity index (χ1v) is 8.51. The average molecular weight is 319 g/mol. The molecule has 0 bridgehead atoms. The van der Waals surface area contributed by atoms with Crippen LogP contribution in [0, 0.1) is 6.92 Å². The van der Waals surface area contributed by atoms with Gasteiger partial charge in [0.05, 0.1) is 5.01 Å². The Morgan fingerprint density at radius 2 is 2.18 bits per heavy atom. The van der Waals surface area contributed by atoms with Crippen LogP contribution in [0.5, 0.6) is 0 Å². The molecule has 1 aliphatic rings. The van der Waals surface area contributed by atoms with Crippen molar-refractivity contribution in [3.05, 3.63) is 33.6 Å². The molecule has 0 aromatic carbocycles. The summed E-state index contributed by atoms with van der Waals surface area (Å²) in [6.45, 7) is 7.79. The monoisotopic (exact) mass is 319 g/mol. The maximum atomic E-state index is 12.5. The fraction of sp³-hybridized carbons (Fsp3) is 0.562. The lowest BCUT2D eigenvalue weighted by Gasteiger charge is -2.37. The SMILES string of the molecule is CCc1cc(C(=O)N2CCC(C)(c3ncc(C)s3)CC2)no1. The van der Waals surface area contributed by atoms with Crippen LogP contribution in [0.15, 0.2) is 16.8 Å². The summed E-state index contributed by atoms with van der Waals surface area (Å²) in [5.41, 5.74) is 0.499. The van der Waals surface area contributed by atoms with E-state index in [1.165, 1.54) is 9.88 Å². The van der Waals surface area contributed by atoms with E-state index in [1.807, 2.05) is 18.0 Å². The molecule has 1 amide bonds. The molecule has 118 valence electrons. The minimum absolute atomic E-state index is 0.0270. The first-order valence-electron chi connectivity index (χ1n) is 7.69. The lowest BCUT2D eigenvalue weighted by Crippen LogP contribution is -2.44. The highest BCUT2D eigenvalue weighted by atomic mass is 32.1. The van der Waals surface area contributed by atoms with Crippen LogP contribution in [0.25, 0.3) is 0 Å². The summed E-state index contributed by atoms with van der Waals surface area (Å²) in [7, 11) is 0. The van der Waals surface area contributed by atoms with Crippen LogP contribution in [0.4, 0.5) is 0 Å². The van der Waals surface area contributed by atoms with Crippen molar-refractivity contribution >= 4 is 17.2 Å². The molecule has 3 heterocycles. The second kappa shape index (κ2) is 5.83. The van der Waals surface area contributed by atoms with E-state index in [-0.39, 0.29) is 11.3 Å². The highest BCUT2D eigenvalue weighted by Crippen LogP contribution is 2.37. The first kappa shape index (κ1) is 15.2. The Kier molecular flexibility index (Phi) is 4.04. The smallest absolute Gasteiger partial charge is 0.276 e. The molecule has 0 aliphatic carbocycles. The summed E-state index contributed by atoms with van der Waals surface area (Å²) in [6, 6.07) is 1.75. The third kappa shape index (κ3) is 2.79. The minimum Gasteiger partial charge on any atom is -0.361 e. The third-order valence-electron chi connectivity index (χ3n) is 4.42. The Bertz CT molecular complexity index is 668. The topological polar surface area (TPSA) is 59.2 Å². The zero-order valence-corrected chi connectivity index (χ0v) is 14.1. The zero-order chi connectivity index (χ0) is 15.7. The molecule has 0 N–H and O–H groups in total. The maximum Gasteiger partial charge on any atom is 0.276 e. The summed E-state index contributed by atoms with van der Waals surface area (Å²) in [5.74, 6) is 0.726. The van der Waals surface area contributed by atoms with Gasteiger partial charge < -0.3 is 9.42 Å². The van der Waals surface area contributed by atoms with Crippen molar-refractivity contribution in [1.29, 1.82) is 0 Å². The van der Waals surface area contributed by atoms with E-state index in [0.717, 1.165) is 38.1 Å². The van der Waals surface area contributed by atoms with Gasteiger partial charge in [0.1, 0.15) is 5.76 Å². The Balaban J connectivity index is 1.67. The molecular weight excluding hydrogens is 298 g/mol. The van der Waals surface area contributed by atoms with Gasteiger partial charge in [-0.25, -0.2) is 4.98 Å². The number of likely N-dealkylation sites (tertiary alicyclic amines) is 1. The molecular formula is C16H21N3O2S. The van der Waals surface area contributed by atoms with Crippen molar-refractivity contribution in [2.75, 3.05) is 13.1 Å². The zero-order valence-electron chi connectivity index (χ0n) is 13.3. The quantitative estimate of drug-likeness (QED) is 0.871. The molecule has 6 heteroatoms. The van der Waals surface area contributed by atoms with Crippen molar-refractivity contribution in [2.45, 2.75) is 45.4 Å². The summed E-state index contributed by atoms with van der Waals surface area (Å²) in [5, 5.41) is 5.07. The van der Waals surface area contributed by atoms with E-state index in [2.05, 4.69) is 24.0 Å². The summed E-state index contributed by atoms with van der Waals surface area (Å²) in [4.78, 5) is 20.1. The predicted octanol–water partition coefficient (Wildman–Crippen LogP) is 3.20. The number of amides is 1. The van der Waals surface area contributed by atoms with Crippen LogP contribution in [-0.4, -0.2) is 34.0 Å². The number of hydrogen-bond donors (Lipinski definition) is 0. The summed E-state index contributed by atoms with van der Waals surface area (Å²) < 4.78 is 5.13. The van der Waals surface area contributed by atoms with Crippen LogP contribution < -0.4 is 0 Å². The van der Waals surface area contributed by atoms with E-state index in [4.69, 9.17) is 4.52 Å². The Morgan fingerprint density at radius 1 is 1.45 bits per heavy atom. The van der Waals surface area contributed by atoms with E-state index in [9.17, 15) is 4.79 Å². The second-order valence-electron chi connectivity index (χ2n) is 6.16. The van der Waals surface area contributed by atoms with Crippen molar-refractivity contribution < 1.29 is 9.32 Å². The average Bonchev–Trinajstić information content (AvgIpc) is 3.16. The Labute approximate surface area is 134 Å². The molecule has 2 aromatic rings. The number of aryl methyl sites for hydroxylation is 2. The van der Waals surface area contributed by atoms with Crippen LogP contribution in [0.3, 0.4) is 0 Å². The molecule has 0 spiro atoms. The largest absolute Gasteiger partial charge is 0.361 e. The van der Waals surface area contributed by atoms with Gasteiger partial charge >= 0.3 is 0 Å². The Hall–Kier alpha value is -1.69. The molecule has 0 atom stereocenters. The molecule has 0 unspecified atom stereocenters. The van der Waals surface area contributed by atoms with Gasteiger partial charge in [-0.15, -0.1) is 11.3 Å². The molecule has 1 saturated heterocycles. The maximum absolute atomic E-state index is 12.5. The number of rotatable bonds is 3. The fourth-order valence-corrected chi connectivity index (χ4v) is 3.76. The third-order valence-corrected chi connectivity index (χ3v) is 5.64. The minimum atomic E-state index is -0.0270.